The number of aryl methyl sites for hydroxylation is 2. The molecule has 1 aliphatic rings. The van der Waals surface area contributed by atoms with E-state index in [-0.39, 0.29) is 12.0 Å². The summed E-state index contributed by atoms with van der Waals surface area (Å²) in [4.78, 5) is 11.7. The maximum absolute atomic E-state index is 11.7. The highest BCUT2D eigenvalue weighted by Gasteiger charge is 2.16. The third-order valence-corrected chi connectivity index (χ3v) is 3.53. The molecule has 100 valence electrons. The number of carbonyl (C=O) groups excluding carboxylic acids is 1. The Labute approximate surface area is 108 Å². The Hall–Kier alpha value is -1.29. The predicted octanol–water partition coefficient (Wildman–Crippen LogP) is 1.79. The molecular weight excluding hydrogens is 228 g/mol. The fourth-order valence-corrected chi connectivity index (χ4v) is 2.39. The van der Waals surface area contributed by atoms with Crippen molar-refractivity contribution in [2.45, 2.75) is 45.8 Å². The monoisotopic (exact) mass is 250 g/mol. The van der Waals surface area contributed by atoms with Crippen LogP contribution in [0.3, 0.4) is 0 Å². The standard InChI is InChI=1S/C14H22N2O2/c1-11-5-6-12(2)16(11)8-7-14(17)15-10-13-4-3-9-18-13/h5-6,13H,3-4,7-10H2,1-2H3,(H,15,17). The van der Waals surface area contributed by atoms with E-state index in [9.17, 15) is 4.79 Å². The predicted molar refractivity (Wildman–Crippen MR) is 70.5 cm³/mol. The number of carbonyl (C=O) groups is 1. The SMILES string of the molecule is Cc1ccc(C)n1CCC(=O)NCC1CCCO1. The average Bonchev–Trinajstić information content (AvgIpc) is 2.96. The van der Waals surface area contributed by atoms with Gasteiger partial charge in [-0.1, -0.05) is 0 Å². The first-order valence-electron chi connectivity index (χ1n) is 6.68. The van der Waals surface area contributed by atoms with E-state index in [1.807, 2.05) is 0 Å². The van der Waals surface area contributed by atoms with Gasteiger partial charge >= 0.3 is 0 Å². The van der Waals surface area contributed by atoms with Gasteiger partial charge in [-0.3, -0.25) is 4.79 Å². The Morgan fingerprint density at radius 2 is 2.17 bits per heavy atom. The van der Waals surface area contributed by atoms with Crippen molar-refractivity contribution in [1.82, 2.24) is 9.88 Å². The van der Waals surface area contributed by atoms with Crippen molar-refractivity contribution >= 4 is 5.91 Å². The topological polar surface area (TPSA) is 43.3 Å². The van der Waals surface area contributed by atoms with Crippen LogP contribution in [0.15, 0.2) is 12.1 Å². The van der Waals surface area contributed by atoms with Crippen molar-refractivity contribution in [3.63, 3.8) is 0 Å². The molecule has 0 radical (unpaired) electrons. The number of amides is 1. The van der Waals surface area contributed by atoms with Gasteiger partial charge < -0.3 is 14.6 Å². The molecule has 1 aromatic heterocycles. The Bertz CT molecular complexity index is 386. The summed E-state index contributed by atoms with van der Waals surface area (Å²) >= 11 is 0. The molecule has 1 amide bonds. The summed E-state index contributed by atoms with van der Waals surface area (Å²) in [6.07, 6.45) is 2.94. The molecule has 1 aliphatic heterocycles. The number of aromatic nitrogens is 1. The van der Waals surface area contributed by atoms with Crippen LogP contribution in [0, 0.1) is 13.8 Å². The summed E-state index contributed by atoms with van der Waals surface area (Å²) in [5.41, 5.74) is 2.42. The first-order chi connectivity index (χ1) is 8.66. The highest BCUT2D eigenvalue weighted by Crippen LogP contribution is 2.11. The minimum Gasteiger partial charge on any atom is -0.376 e. The van der Waals surface area contributed by atoms with Gasteiger partial charge in [0.05, 0.1) is 6.10 Å². The Balaban J connectivity index is 1.71. The van der Waals surface area contributed by atoms with E-state index in [0.717, 1.165) is 26.0 Å². The first-order valence-corrected chi connectivity index (χ1v) is 6.68. The first kappa shape index (κ1) is 13.1. The van der Waals surface area contributed by atoms with E-state index in [4.69, 9.17) is 4.74 Å². The average molecular weight is 250 g/mol. The lowest BCUT2D eigenvalue weighted by atomic mass is 10.2. The second kappa shape index (κ2) is 6.05. The van der Waals surface area contributed by atoms with Crippen molar-refractivity contribution in [2.24, 2.45) is 0 Å². The molecule has 2 rings (SSSR count). The molecule has 0 aromatic carbocycles. The minimum absolute atomic E-state index is 0.109. The summed E-state index contributed by atoms with van der Waals surface area (Å²) in [7, 11) is 0. The van der Waals surface area contributed by atoms with Crippen molar-refractivity contribution in [3.8, 4) is 0 Å². The summed E-state index contributed by atoms with van der Waals surface area (Å²) < 4.78 is 7.64. The van der Waals surface area contributed by atoms with Gasteiger partial charge in [0, 0.05) is 37.5 Å². The normalized spacial score (nSPS) is 19.1. The molecule has 1 aromatic rings. The maximum Gasteiger partial charge on any atom is 0.221 e. The number of nitrogens with zero attached hydrogens (tertiary/aromatic N) is 1. The third kappa shape index (κ3) is 3.35. The Morgan fingerprint density at radius 1 is 1.44 bits per heavy atom. The number of rotatable bonds is 5. The van der Waals surface area contributed by atoms with Crippen LogP contribution in [0.5, 0.6) is 0 Å². The number of hydrogen-bond acceptors (Lipinski definition) is 2. The fourth-order valence-electron chi connectivity index (χ4n) is 2.39. The van der Waals surface area contributed by atoms with Crippen LogP contribution < -0.4 is 5.32 Å². The number of hydrogen-bond donors (Lipinski definition) is 1. The zero-order valence-electron chi connectivity index (χ0n) is 11.2. The highest BCUT2D eigenvalue weighted by atomic mass is 16.5. The van der Waals surface area contributed by atoms with Crippen molar-refractivity contribution in [2.75, 3.05) is 13.2 Å². The Morgan fingerprint density at radius 3 is 2.78 bits per heavy atom. The molecule has 2 heterocycles. The van der Waals surface area contributed by atoms with Gasteiger partial charge in [0.15, 0.2) is 0 Å². The van der Waals surface area contributed by atoms with Crippen molar-refractivity contribution in [1.29, 1.82) is 0 Å². The molecule has 1 fully saturated rings. The van der Waals surface area contributed by atoms with Gasteiger partial charge in [0.2, 0.25) is 5.91 Å². The van der Waals surface area contributed by atoms with Crippen LogP contribution in [0.2, 0.25) is 0 Å². The quantitative estimate of drug-likeness (QED) is 0.866. The second-order valence-corrected chi connectivity index (χ2v) is 4.96. The Kier molecular flexibility index (Phi) is 4.42. The van der Waals surface area contributed by atoms with Crippen LogP contribution in [-0.4, -0.2) is 29.7 Å². The summed E-state index contributed by atoms with van der Waals surface area (Å²) in [5, 5.41) is 2.95. The molecule has 0 saturated carbocycles. The van der Waals surface area contributed by atoms with E-state index < -0.39 is 0 Å². The van der Waals surface area contributed by atoms with Gasteiger partial charge in [0.1, 0.15) is 0 Å². The summed E-state index contributed by atoms with van der Waals surface area (Å²) in [6.45, 7) is 6.38. The lowest BCUT2D eigenvalue weighted by Crippen LogP contribution is -2.32. The fraction of sp³-hybridized carbons (Fsp3) is 0.643. The molecular formula is C14H22N2O2. The van der Waals surface area contributed by atoms with Crippen LogP contribution >= 0.6 is 0 Å². The molecule has 0 spiro atoms. The molecule has 0 bridgehead atoms. The molecule has 1 saturated heterocycles. The van der Waals surface area contributed by atoms with Gasteiger partial charge in [-0.05, 0) is 38.8 Å². The third-order valence-electron chi connectivity index (χ3n) is 3.53. The molecule has 1 atom stereocenters. The zero-order valence-corrected chi connectivity index (χ0v) is 11.2. The molecule has 1 N–H and O–H groups in total. The molecule has 1 unspecified atom stereocenters. The van der Waals surface area contributed by atoms with E-state index in [1.54, 1.807) is 0 Å². The maximum atomic E-state index is 11.7. The number of nitrogens with one attached hydrogen (secondary N) is 1. The van der Waals surface area contributed by atoms with E-state index in [0.29, 0.717) is 13.0 Å². The summed E-state index contributed by atoms with van der Waals surface area (Å²) in [5.74, 6) is 0.109. The van der Waals surface area contributed by atoms with Gasteiger partial charge in [-0.2, -0.15) is 0 Å². The van der Waals surface area contributed by atoms with Crippen molar-refractivity contribution < 1.29 is 9.53 Å². The minimum atomic E-state index is 0.109. The van der Waals surface area contributed by atoms with E-state index in [2.05, 4.69) is 35.9 Å². The zero-order chi connectivity index (χ0) is 13.0. The van der Waals surface area contributed by atoms with Crippen molar-refractivity contribution in [3.05, 3.63) is 23.5 Å². The second-order valence-electron chi connectivity index (χ2n) is 4.96. The molecule has 0 aliphatic carbocycles. The lowest BCUT2D eigenvalue weighted by Gasteiger charge is -2.12. The van der Waals surface area contributed by atoms with Gasteiger partial charge in [-0.15, -0.1) is 0 Å². The van der Waals surface area contributed by atoms with Gasteiger partial charge in [0.25, 0.3) is 0 Å². The highest BCUT2D eigenvalue weighted by molar-refractivity contribution is 5.75. The number of ether oxygens (including phenoxy) is 1. The van der Waals surface area contributed by atoms with E-state index in [1.165, 1.54) is 11.4 Å². The largest absolute Gasteiger partial charge is 0.376 e. The lowest BCUT2D eigenvalue weighted by molar-refractivity contribution is -0.121. The van der Waals surface area contributed by atoms with Crippen LogP contribution in [-0.2, 0) is 16.1 Å². The molecule has 4 heteroatoms. The van der Waals surface area contributed by atoms with Gasteiger partial charge in [-0.25, -0.2) is 0 Å². The smallest absolute Gasteiger partial charge is 0.221 e. The molecule has 4 nitrogen and oxygen atoms in total. The van der Waals surface area contributed by atoms with E-state index >= 15 is 0 Å². The molecule has 18 heavy (non-hydrogen) atoms. The van der Waals surface area contributed by atoms with Crippen LogP contribution in [0.1, 0.15) is 30.7 Å². The van der Waals surface area contributed by atoms with Crippen LogP contribution in [0.4, 0.5) is 0 Å². The van der Waals surface area contributed by atoms with Crippen LogP contribution in [0.25, 0.3) is 0 Å². The summed E-state index contributed by atoms with van der Waals surface area (Å²) in [6, 6.07) is 4.17.